The van der Waals surface area contributed by atoms with Crippen molar-refractivity contribution in [3.63, 3.8) is 0 Å². The van der Waals surface area contributed by atoms with E-state index in [2.05, 4.69) is 21.3 Å². The van der Waals surface area contributed by atoms with Crippen LogP contribution in [0.5, 0.6) is 0 Å². The molecule has 31 nitrogen and oxygen atoms in total. The second-order valence-electron chi connectivity index (χ2n) is 17.0. The largest absolute Gasteiger partial charge is 0.477 e. The fourth-order valence-corrected chi connectivity index (χ4v) is 8.30. The maximum atomic E-state index is 12.9. The highest BCUT2D eigenvalue weighted by molar-refractivity contribution is 5.77. The lowest BCUT2D eigenvalue weighted by Crippen LogP contribution is -2.71. The van der Waals surface area contributed by atoms with Crippen molar-refractivity contribution in [3.05, 3.63) is 0 Å². The molecule has 0 spiro atoms. The van der Waals surface area contributed by atoms with Crippen LogP contribution in [0.3, 0.4) is 0 Å². The third kappa shape index (κ3) is 13.3. The molecular formula is C38H62N4O27. The molecule has 0 unspecified atom stereocenters. The summed E-state index contributed by atoms with van der Waals surface area (Å²) in [5.41, 5.74) is 0. The molecule has 4 amide bonds. The van der Waals surface area contributed by atoms with E-state index in [1.807, 2.05) is 0 Å². The minimum absolute atomic E-state index is 0.611. The Labute approximate surface area is 390 Å². The zero-order valence-corrected chi connectivity index (χ0v) is 37.4. The molecule has 69 heavy (non-hydrogen) atoms. The van der Waals surface area contributed by atoms with Crippen molar-refractivity contribution in [2.75, 3.05) is 26.4 Å². The van der Waals surface area contributed by atoms with Gasteiger partial charge in [-0.3, -0.25) is 19.2 Å². The number of nitrogens with one attached hydrogen (secondary N) is 4. The highest BCUT2D eigenvalue weighted by Gasteiger charge is 2.61. The van der Waals surface area contributed by atoms with Crippen LogP contribution in [0.2, 0.25) is 0 Å². The number of hydrogen-bond acceptors (Lipinski definition) is 25. The predicted molar refractivity (Wildman–Crippen MR) is 215 cm³/mol. The van der Waals surface area contributed by atoms with Gasteiger partial charge in [-0.1, -0.05) is 0 Å². The number of aliphatic hydroxyl groups excluding tert-OH is 12. The molecule has 4 rings (SSSR count). The van der Waals surface area contributed by atoms with Crippen LogP contribution in [0.25, 0.3) is 0 Å². The van der Waals surface area contributed by atoms with Crippen LogP contribution >= 0.6 is 0 Å². The van der Waals surface area contributed by atoms with Crippen LogP contribution in [0.1, 0.15) is 40.5 Å². The molecule has 4 heterocycles. The summed E-state index contributed by atoms with van der Waals surface area (Å²) in [5, 5.41) is 160. The molecule has 0 radical (unpaired) electrons. The molecule has 18 N–H and O–H groups in total. The van der Waals surface area contributed by atoms with E-state index in [4.69, 9.17) is 33.2 Å². The highest BCUT2D eigenvalue weighted by atomic mass is 16.8. The molecule has 0 aromatic heterocycles. The Morgan fingerprint density at radius 1 is 0.623 bits per heavy atom. The summed E-state index contributed by atoms with van der Waals surface area (Å²) in [7, 11) is 0. The Hall–Kier alpha value is -3.94. The Morgan fingerprint density at radius 3 is 1.58 bits per heavy atom. The number of amides is 4. The molecule has 0 saturated carbocycles. The van der Waals surface area contributed by atoms with E-state index in [1.165, 1.54) is 0 Å². The topological polar surface area (TPSA) is 498 Å². The first-order valence-corrected chi connectivity index (χ1v) is 21.3. The van der Waals surface area contributed by atoms with E-state index in [9.17, 15) is 100 Å². The Kier molecular flexibility index (Phi) is 20.0. The number of carboxylic acid groups (broad SMARTS) is 2. The van der Waals surface area contributed by atoms with Crippen molar-refractivity contribution in [1.29, 1.82) is 0 Å². The maximum absolute atomic E-state index is 12.9. The van der Waals surface area contributed by atoms with E-state index < -0.39 is 209 Å². The smallest absolute Gasteiger partial charge is 0.364 e. The van der Waals surface area contributed by atoms with E-state index in [1.54, 1.807) is 0 Å². The van der Waals surface area contributed by atoms with Gasteiger partial charge in [-0.25, -0.2) is 9.59 Å². The number of carbonyl (C=O) groups excluding carboxylic acids is 4. The van der Waals surface area contributed by atoms with Gasteiger partial charge in [-0.15, -0.1) is 0 Å². The van der Waals surface area contributed by atoms with Crippen LogP contribution in [-0.2, 0) is 61.9 Å². The van der Waals surface area contributed by atoms with Crippen LogP contribution < -0.4 is 21.3 Å². The molecule has 31 heteroatoms. The van der Waals surface area contributed by atoms with Crippen molar-refractivity contribution < 1.29 is 133 Å². The number of aliphatic carboxylic acids is 2. The average molecular weight is 1010 g/mol. The van der Waals surface area contributed by atoms with Crippen molar-refractivity contribution in [2.45, 2.75) is 174 Å². The first kappa shape index (κ1) is 57.6. The molecule has 0 aliphatic carbocycles. The molecule has 4 fully saturated rings. The molecule has 4 aliphatic rings. The summed E-state index contributed by atoms with van der Waals surface area (Å²) in [6.45, 7) is 0.0276. The van der Waals surface area contributed by atoms with Crippen molar-refractivity contribution in [2.24, 2.45) is 0 Å². The predicted octanol–water partition coefficient (Wildman–Crippen LogP) is -10.8. The SMILES string of the molecule is CC(=O)NC[C@@H](O)[C@@H](O)[C@@H]1O[C@@](OC[C@H]2O[C@H](O)[C@H](NC(C)=O)[C@@H](O[C@@H]3O[C@H](CO)[C@H](O)[C@H](O[C@]4(C(=O)O)C[C@H](O)[C@@H](NC(C)=O)[C@H]([C@H](O)[C@H](O)CO)O4)[C@H]3O)[C@H]2O)(C(=O)O)C[C@H](O)[C@H]1NC(C)=O. The van der Waals surface area contributed by atoms with Gasteiger partial charge in [0.2, 0.25) is 23.6 Å². The number of rotatable bonds is 20. The number of carboxylic acids is 2. The van der Waals surface area contributed by atoms with Crippen molar-refractivity contribution in [3.8, 4) is 0 Å². The standard InChI is InChI=1S/C38H62N4O27/c1-11(45)39-7-17(51)24(53)30-21(40-12(2)46)15(49)5-37(67-30,35(59)60)63-10-20-27(56)29(23(33(58)64-20)42-14(4)48)66-34-28(57)32(26(55)19(9-44)65-34)69-38(36(61)62)6-16(50)22(41-13(3)47)31(68-38)25(54)18(52)8-43/h15-34,43-44,49-58H,5-10H2,1-4H3,(H,39,45)(H,40,46)(H,41,47)(H,42,48)(H,59,60)(H,61,62)/t15-,16-,17+,18+,19+,20+,21+,22+,23+,24+,25+,26-,27-,28+,29+,30+,31+,32-,33-,34-,37+,38-/m0/s1. The summed E-state index contributed by atoms with van der Waals surface area (Å²) in [4.78, 5) is 73.6. The summed E-state index contributed by atoms with van der Waals surface area (Å²) in [6.07, 6.45) is -38.0. The maximum Gasteiger partial charge on any atom is 0.364 e. The number of hydrogen-bond donors (Lipinski definition) is 18. The van der Waals surface area contributed by atoms with Gasteiger partial charge >= 0.3 is 11.9 Å². The van der Waals surface area contributed by atoms with Gasteiger partial charge in [0.25, 0.3) is 11.6 Å². The summed E-state index contributed by atoms with van der Waals surface area (Å²) in [5.74, 6) is -13.4. The van der Waals surface area contributed by atoms with Crippen LogP contribution in [-0.4, -0.2) is 267 Å². The Morgan fingerprint density at radius 2 is 1.10 bits per heavy atom. The van der Waals surface area contributed by atoms with Gasteiger partial charge in [-0.05, 0) is 0 Å². The third-order valence-corrected chi connectivity index (χ3v) is 11.7. The van der Waals surface area contributed by atoms with Gasteiger partial charge in [0.05, 0.1) is 50.2 Å². The van der Waals surface area contributed by atoms with Crippen LogP contribution in [0.4, 0.5) is 0 Å². The summed E-state index contributed by atoms with van der Waals surface area (Å²) in [6, 6.07) is -5.09. The Bertz CT molecular complexity index is 1800. The molecule has 0 aromatic carbocycles. The second-order valence-corrected chi connectivity index (χ2v) is 17.0. The van der Waals surface area contributed by atoms with E-state index in [0.29, 0.717) is 0 Å². The fraction of sp³-hybridized carbons (Fsp3) is 0.842. The number of carbonyl (C=O) groups is 6. The van der Waals surface area contributed by atoms with Gasteiger partial charge in [0.1, 0.15) is 79.3 Å². The van der Waals surface area contributed by atoms with E-state index in [-0.39, 0.29) is 0 Å². The molecule has 4 saturated heterocycles. The van der Waals surface area contributed by atoms with Gasteiger partial charge < -0.3 is 126 Å². The monoisotopic (exact) mass is 1010 g/mol. The van der Waals surface area contributed by atoms with Gasteiger partial charge in [0.15, 0.2) is 12.6 Å². The lowest BCUT2D eigenvalue weighted by atomic mass is 9.88. The quantitative estimate of drug-likeness (QED) is 0.0538. The first-order valence-electron chi connectivity index (χ1n) is 21.3. The lowest BCUT2D eigenvalue weighted by molar-refractivity contribution is -0.382. The lowest BCUT2D eigenvalue weighted by Gasteiger charge is -2.51. The van der Waals surface area contributed by atoms with E-state index >= 15 is 0 Å². The number of ether oxygens (including phenoxy) is 7. The molecule has 0 bridgehead atoms. The molecule has 4 aliphatic heterocycles. The first-order chi connectivity index (χ1) is 32.1. The minimum atomic E-state index is -3.20. The van der Waals surface area contributed by atoms with Gasteiger partial charge in [0, 0.05) is 47.1 Å². The van der Waals surface area contributed by atoms with Crippen molar-refractivity contribution in [1.82, 2.24) is 21.3 Å². The number of aliphatic hydroxyl groups is 12. The average Bonchev–Trinajstić information content (AvgIpc) is 3.27. The van der Waals surface area contributed by atoms with Gasteiger partial charge in [-0.2, -0.15) is 0 Å². The van der Waals surface area contributed by atoms with Crippen molar-refractivity contribution >= 4 is 35.6 Å². The highest BCUT2D eigenvalue weighted by Crippen LogP contribution is 2.39. The Balaban J connectivity index is 1.66. The van der Waals surface area contributed by atoms with E-state index in [0.717, 1.165) is 27.7 Å². The zero-order valence-electron chi connectivity index (χ0n) is 37.4. The van der Waals surface area contributed by atoms with Crippen LogP contribution in [0, 0.1) is 0 Å². The molecule has 396 valence electrons. The third-order valence-electron chi connectivity index (χ3n) is 11.7. The zero-order chi connectivity index (χ0) is 52.0. The second kappa shape index (κ2) is 24.0. The summed E-state index contributed by atoms with van der Waals surface area (Å²) < 4.78 is 39.3. The normalized spacial score (nSPS) is 40.0. The molecule has 0 aromatic rings. The fourth-order valence-electron chi connectivity index (χ4n) is 8.30. The summed E-state index contributed by atoms with van der Waals surface area (Å²) >= 11 is 0. The minimum Gasteiger partial charge on any atom is -0.477 e. The molecular weight excluding hydrogens is 944 g/mol. The van der Waals surface area contributed by atoms with Crippen LogP contribution in [0.15, 0.2) is 0 Å². The molecule has 22 atom stereocenters.